The summed E-state index contributed by atoms with van der Waals surface area (Å²) in [6.45, 7) is 6.44. The Morgan fingerprint density at radius 3 is 2.73 bits per heavy atom. The van der Waals surface area contributed by atoms with Gasteiger partial charge in [0.15, 0.2) is 0 Å². The number of aryl methyl sites for hydroxylation is 1. The van der Waals surface area contributed by atoms with Gasteiger partial charge in [0.1, 0.15) is 0 Å². The first-order valence-electron chi connectivity index (χ1n) is 5.82. The van der Waals surface area contributed by atoms with Crippen LogP contribution in [0, 0.1) is 0 Å². The molecule has 1 aromatic carbocycles. The van der Waals surface area contributed by atoms with E-state index in [4.69, 9.17) is 0 Å². The van der Waals surface area contributed by atoms with Crippen LogP contribution < -0.4 is 0 Å². The van der Waals surface area contributed by atoms with Crippen LogP contribution in [0.15, 0.2) is 18.2 Å². The highest BCUT2D eigenvalue weighted by Crippen LogP contribution is 2.37. The van der Waals surface area contributed by atoms with Gasteiger partial charge in [0.05, 0.1) is 6.10 Å². The van der Waals surface area contributed by atoms with Crippen molar-refractivity contribution < 1.29 is 5.11 Å². The van der Waals surface area contributed by atoms with Gasteiger partial charge >= 0.3 is 0 Å². The third-order valence-electron chi connectivity index (χ3n) is 3.59. The molecular weight excluding hydrogens is 184 g/mol. The van der Waals surface area contributed by atoms with E-state index in [1.165, 1.54) is 30.4 Å². The normalized spacial score (nSPS) is 20.8. The summed E-state index contributed by atoms with van der Waals surface area (Å²) in [6.07, 6.45) is 3.38. The van der Waals surface area contributed by atoms with Gasteiger partial charge in [0.25, 0.3) is 0 Å². The second-order valence-electron chi connectivity index (χ2n) is 5.33. The van der Waals surface area contributed by atoms with E-state index in [0.717, 1.165) is 5.56 Å². The molecule has 0 aromatic heterocycles. The van der Waals surface area contributed by atoms with Crippen molar-refractivity contribution in [3.63, 3.8) is 0 Å². The topological polar surface area (TPSA) is 20.2 Å². The van der Waals surface area contributed by atoms with Gasteiger partial charge in [-0.3, -0.25) is 0 Å². The number of aliphatic hydroxyl groups is 1. The fourth-order valence-corrected chi connectivity index (χ4v) is 2.56. The Balaban J connectivity index is 2.49. The molecule has 1 aliphatic rings. The van der Waals surface area contributed by atoms with Crippen molar-refractivity contribution in [2.45, 2.75) is 51.6 Å². The molecule has 0 amide bonds. The van der Waals surface area contributed by atoms with Gasteiger partial charge in [-0.1, -0.05) is 32.0 Å². The molecule has 0 saturated carbocycles. The highest BCUT2D eigenvalue weighted by molar-refractivity contribution is 5.39. The van der Waals surface area contributed by atoms with Crippen LogP contribution in [-0.2, 0) is 11.8 Å². The van der Waals surface area contributed by atoms with Crippen LogP contribution in [0.3, 0.4) is 0 Å². The molecule has 1 aromatic rings. The van der Waals surface area contributed by atoms with Gasteiger partial charge in [-0.15, -0.1) is 0 Å². The molecule has 0 bridgehead atoms. The van der Waals surface area contributed by atoms with Crippen LogP contribution in [0.5, 0.6) is 0 Å². The zero-order chi connectivity index (χ0) is 11.1. The van der Waals surface area contributed by atoms with E-state index in [1.807, 2.05) is 6.92 Å². The zero-order valence-electron chi connectivity index (χ0n) is 9.88. The molecule has 0 radical (unpaired) electrons. The van der Waals surface area contributed by atoms with Crippen LogP contribution >= 0.6 is 0 Å². The summed E-state index contributed by atoms with van der Waals surface area (Å²) in [5.74, 6) is 0. The van der Waals surface area contributed by atoms with Crippen LogP contribution in [0.4, 0.5) is 0 Å². The number of hydrogen-bond acceptors (Lipinski definition) is 1. The van der Waals surface area contributed by atoms with Crippen molar-refractivity contribution in [1.29, 1.82) is 0 Å². The minimum Gasteiger partial charge on any atom is -0.389 e. The molecular formula is C14H20O. The molecule has 1 aliphatic carbocycles. The number of hydrogen-bond donors (Lipinski definition) is 1. The summed E-state index contributed by atoms with van der Waals surface area (Å²) in [6, 6.07) is 6.45. The summed E-state index contributed by atoms with van der Waals surface area (Å²) in [5, 5.41) is 9.60. The minimum absolute atomic E-state index is 0.276. The highest BCUT2D eigenvalue weighted by atomic mass is 16.3. The Labute approximate surface area is 92.1 Å². The summed E-state index contributed by atoms with van der Waals surface area (Å²) >= 11 is 0. The van der Waals surface area contributed by atoms with Crippen molar-refractivity contribution in [2.24, 2.45) is 0 Å². The Morgan fingerprint density at radius 1 is 1.33 bits per heavy atom. The molecule has 0 fully saturated rings. The predicted molar refractivity (Wildman–Crippen MR) is 63.0 cm³/mol. The van der Waals surface area contributed by atoms with Crippen LogP contribution in [0.2, 0.25) is 0 Å². The zero-order valence-corrected chi connectivity index (χ0v) is 9.88. The first-order valence-corrected chi connectivity index (χ1v) is 5.82. The summed E-state index contributed by atoms with van der Waals surface area (Å²) in [4.78, 5) is 0. The molecule has 2 rings (SSSR count). The standard InChI is InChI=1S/C14H20O/c1-10(15)12-7-6-11-5-4-8-14(2,3)13(11)9-12/h6-7,9-10,15H,4-5,8H2,1-3H3/t10-/m0/s1. The molecule has 1 atom stereocenters. The number of rotatable bonds is 1. The Hall–Kier alpha value is -0.820. The Bertz CT molecular complexity index is 364. The monoisotopic (exact) mass is 204 g/mol. The average molecular weight is 204 g/mol. The molecule has 0 heterocycles. The fraction of sp³-hybridized carbons (Fsp3) is 0.571. The molecule has 15 heavy (non-hydrogen) atoms. The van der Waals surface area contributed by atoms with Gasteiger partial charge in [0.2, 0.25) is 0 Å². The third-order valence-corrected chi connectivity index (χ3v) is 3.59. The van der Waals surface area contributed by atoms with Gasteiger partial charge in [-0.2, -0.15) is 0 Å². The van der Waals surface area contributed by atoms with E-state index in [2.05, 4.69) is 32.0 Å². The maximum absolute atomic E-state index is 9.60. The van der Waals surface area contributed by atoms with E-state index < -0.39 is 0 Å². The van der Waals surface area contributed by atoms with E-state index in [0.29, 0.717) is 0 Å². The SMILES string of the molecule is C[C@H](O)c1ccc2c(c1)C(C)(C)CCC2. The van der Waals surface area contributed by atoms with Gasteiger partial charge in [0, 0.05) is 0 Å². The van der Waals surface area contributed by atoms with Crippen molar-refractivity contribution in [2.75, 3.05) is 0 Å². The second-order valence-corrected chi connectivity index (χ2v) is 5.33. The lowest BCUT2D eigenvalue weighted by atomic mass is 9.72. The van der Waals surface area contributed by atoms with Crippen molar-refractivity contribution >= 4 is 0 Å². The number of benzene rings is 1. The van der Waals surface area contributed by atoms with E-state index in [1.54, 1.807) is 0 Å². The van der Waals surface area contributed by atoms with E-state index in [-0.39, 0.29) is 11.5 Å². The lowest BCUT2D eigenvalue weighted by Gasteiger charge is -2.33. The molecule has 0 aliphatic heterocycles. The fourth-order valence-electron chi connectivity index (χ4n) is 2.56. The lowest BCUT2D eigenvalue weighted by Crippen LogP contribution is -2.24. The van der Waals surface area contributed by atoms with Crippen LogP contribution in [0.1, 0.15) is 56.4 Å². The molecule has 82 valence electrons. The smallest absolute Gasteiger partial charge is 0.0762 e. The van der Waals surface area contributed by atoms with Crippen molar-refractivity contribution in [3.05, 3.63) is 34.9 Å². The second kappa shape index (κ2) is 3.64. The van der Waals surface area contributed by atoms with Gasteiger partial charge in [-0.25, -0.2) is 0 Å². The number of fused-ring (bicyclic) bond motifs is 1. The number of aliphatic hydroxyl groups excluding tert-OH is 1. The van der Waals surface area contributed by atoms with Crippen LogP contribution in [0.25, 0.3) is 0 Å². The largest absolute Gasteiger partial charge is 0.389 e. The molecule has 1 nitrogen and oxygen atoms in total. The molecule has 1 heteroatoms. The third kappa shape index (κ3) is 1.93. The first-order chi connectivity index (χ1) is 7.00. The average Bonchev–Trinajstić information content (AvgIpc) is 2.17. The van der Waals surface area contributed by atoms with Crippen molar-refractivity contribution in [1.82, 2.24) is 0 Å². The first kappa shape index (κ1) is 10.7. The van der Waals surface area contributed by atoms with Crippen molar-refractivity contribution in [3.8, 4) is 0 Å². The maximum Gasteiger partial charge on any atom is 0.0762 e. The lowest BCUT2D eigenvalue weighted by molar-refractivity contribution is 0.199. The summed E-state index contributed by atoms with van der Waals surface area (Å²) in [5.41, 5.74) is 4.23. The Kier molecular flexibility index (Phi) is 2.59. The predicted octanol–water partition coefficient (Wildman–Crippen LogP) is 3.35. The van der Waals surface area contributed by atoms with Gasteiger partial charge < -0.3 is 5.11 Å². The quantitative estimate of drug-likeness (QED) is 0.743. The molecule has 0 spiro atoms. The maximum atomic E-state index is 9.60. The molecule has 1 N–H and O–H groups in total. The van der Waals surface area contributed by atoms with E-state index >= 15 is 0 Å². The molecule has 0 saturated heterocycles. The highest BCUT2D eigenvalue weighted by Gasteiger charge is 2.27. The summed E-state index contributed by atoms with van der Waals surface area (Å²) in [7, 11) is 0. The Morgan fingerprint density at radius 2 is 2.07 bits per heavy atom. The summed E-state index contributed by atoms with van der Waals surface area (Å²) < 4.78 is 0. The minimum atomic E-state index is -0.354. The van der Waals surface area contributed by atoms with Crippen LogP contribution in [-0.4, -0.2) is 5.11 Å². The van der Waals surface area contributed by atoms with Gasteiger partial charge in [-0.05, 0) is 48.3 Å². The van der Waals surface area contributed by atoms with E-state index in [9.17, 15) is 5.11 Å². The molecule has 0 unspecified atom stereocenters.